The maximum Gasteiger partial charge on any atom is 0.435 e. The smallest absolute Gasteiger partial charge is 0.435 e. The molecule has 0 radical (unpaired) electrons. The van der Waals surface area contributed by atoms with Gasteiger partial charge < -0.3 is 15.0 Å². The molecule has 1 aliphatic heterocycles. The van der Waals surface area contributed by atoms with Crippen molar-refractivity contribution in [3.8, 4) is 0 Å². The van der Waals surface area contributed by atoms with Gasteiger partial charge in [0.25, 0.3) is 0 Å². The molecule has 1 aromatic heterocycles. The number of nitrogens with zero attached hydrogens (tertiary/aromatic N) is 2. The Hall–Kier alpha value is -2.14. The van der Waals surface area contributed by atoms with Gasteiger partial charge in [0.2, 0.25) is 11.8 Å². The Morgan fingerprint density at radius 1 is 1.20 bits per heavy atom. The zero-order chi connectivity index (χ0) is 29.2. The number of nitrogens with one attached hydrogen (secondary N) is 1. The van der Waals surface area contributed by atoms with E-state index in [0.29, 0.717) is 35.5 Å². The van der Waals surface area contributed by atoms with E-state index in [2.05, 4.69) is 24.1 Å². The number of hydrogen-bond acceptors (Lipinski definition) is 6. The average molecular weight is 602 g/mol. The highest BCUT2D eigenvalue weighted by Gasteiger charge is 2.60. The summed E-state index contributed by atoms with van der Waals surface area (Å²) in [5.41, 5.74) is -0.622. The summed E-state index contributed by atoms with van der Waals surface area (Å²) in [5, 5.41) is 3.03. The molecule has 1 aromatic rings. The minimum absolute atomic E-state index is 0.0672. The van der Waals surface area contributed by atoms with Gasteiger partial charge in [-0.05, 0) is 74.5 Å². The van der Waals surface area contributed by atoms with Crippen LogP contribution in [0.1, 0.15) is 87.5 Å². The second kappa shape index (κ2) is 10.3. The lowest BCUT2D eigenvalue weighted by atomic mass is 9.49. The maximum absolute atomic E-state index is 13.5. The first-order valence-corrected chi connectivity index (χ1v) is 15.1. The van der Waals surface area contributed by atoms with E-state index in [-0.39, 0.29) is 40.8 Å². The van der Waals surface area contributed by atoms with Crippen LogP contribution >= 0.6 is 22.9 Å². The Morgan fingerprint density at radius 2 is 1.93 bits per heavy atom. The van der Waals surface area contributed by atoms with Gasteiger partial charge in [0.1, 0.15) is 4.88 Å². The van der Waals surface area contributed by atoms with E-state index in [9.17, 15) is 27.6 Å². The summed E-state index contributed by atoms with van der Waals surface area (Å²) in [6.07, 6.45) is 1.08. The SMILES string of the molecule is CCOC(=O)c1sc(NC(=O)C[C@H]2CC[C@H]3[C@@H]4CC(Cl)=C5N(C)C(=O)CC[C@]5(C)[C@H]4CC[C@]23C)nc1C(F)(F)F. The standard InChI is InChI=1S/C28H35ClF3N3O4S/c1-5-39-24(38)21-22(28(30,31)32)34-25(40-21)33-19(36)12-14-6-7-16-15-13-18(29)23-27(3,11-9-20(37)35(23)4)17(15)8-10-26(14,16)2/h14-17H,5-13H2,1-4H3,(H,33,34,36)/t14-,15+,16+,17+,26-,27-/m1/s1. The number of anilines is 1. The summed E-state index contributed by atoms with van der Waals surface area (Å²) in [6.45, 7) is 5.92. The topological polar surface area (TPSA) is 88.6 Å². The first-order chi connectivity index (χ1) is 18.7. The minimum Gasteiger partial charge on any atom is -0.462 e. The first-order valence-electron chi connectivity index (χ1n) is 13.9. The fourth-order valence-electron chi connectivity index (χ4n) is 8.42. The van der Waals surface area contributed by atoms with Gasteiger partial charge in [-0.2, -0.15) is 13.2 Å². The van der Waals surface area contributed by atoms with Gasteiger partial charge in [-0.25, -0.2) is 9.78 Å². The normalized spacial score (nSPS) is 33.8. The number of aromatic nitrogens is 1. The molecule has 40 heavy (non-hydrogen) atoms. The van der Waals surface area contributed by atoms with Crippen LogP contribution in [0.4, 0.5) is 18.3 Å². The van der Waals surface area contributed by atoms with Gasteiger partial charge in [-0.1, -0.05) is 36.8 Å². The lowest BCUT2D eigenvalue weighted by molar-refractivity contribution is -0.141. The Kier molecular flexibility index (Phi) is 7.55. The number of carbonyl (C=O) groups excluding carboxylic acids is 3. The highest BCUT2D eigenvalue weighted by molar-refractivity contribution is 7.17. The fraction of sp³-hybridized carbons (Fsp3) is 0.714. The van der Waals surface area contributed by atoms with Crippen molar-refractivity contribution in [2.75, 3.05) is 19.0 Å². The zero-order valence-electron chi connectivity index (χ0n) is 23.1. The van der Waals surface area contributed by atoms with Crippen molar-refractivity contribution in [2.24, 2.45) is 34.5 Å². The van der Waals surface area contributed by atoms with Crippen molar-refractivity contribution in [3.05, 3.63) is 21.3 Å². The zero-order valence-corrected chi connectivity index (χ0v) is 24.7. The molecule has 1 saturated heterocycles. The summed E-state index contributed by atoms with van der Waals surface area (Å²) in [5.74, 6) is -0.215. The number of piperidine rings is 1. The number of carbonyl (C=O) groups is 3. The van der Waals surface area contributed by atoms with Gasteiger partial charge in [0.05, 0.1) is 6.61 Å². The van der Waals surface area contributed by atoms with Gasteiger partial charge in [0, 0.05) is 36.0 Å². The van der Waals surface area contributed by atoms with E-state index >= 15 is 0 Å². The molecule has 3 fully saturated rings. The van der Waals surface area contributed by atoms with Crippen molar-refractivity contribution >= 4 is 45.9 Å². The number of alkyl halides is 3. The number of allylic oxidation sites excluding steroid dienone is 2. The molecule has 0 bridgehead atoms. The molecule has 0 aromatic carbocycles. The van der Waals surface area contributed by atoms with E-state index < -0.39 is 28.6 Å². The van der Waals surface area contributed by atoms with Crippen LogP contribution in [0.5, 0.6) is 0 Å². The third kappa shape index (κ3) is 4.74. The number of fused-ring (bicyclic) bond motifs is 5. The molecule has 12 heteroatoms. The quantitative estimate of drug-likeness (QED) is 0.373. The van der Waals surface area contributed by atoms with E-state index in [4.69, 9.17) is 16.3 Å². The van der Waals surface area contributed by atoms with E-state index in [1.165, 1.54) is 6.92 Å². The summed E-state index contributed by atoms with van der Waals surface area (Å²) < 4.78 is 45.2. The van der Waals surface area contributed by atoms with Gasteiger partial charge in [-0.3, -0.25) is 9.59 Å². The van der Waals surface area contributed by atoms with E-state index in [1.54, 1.807) is 4.90 Å². The van der Waals surface area contributed by atoms with Crippen molar-refractivity contribution in [2.45, 2.75) is 78.3 Å². The number of thiazole rings is 1. The minimum atomic E-state index is -4.85. The molecule has 1 N–H and O–H groups in total. The van der Waals surface area contributed by atoms with Crippen molar-refractivity contribution < 1.29 is 32.3 Å². The molecule has 0 spiro atoms. The molecule has 2 saturated carbocycles. The second-order valence-electron chi connectivity index (χ2n) is 12.2. The molecular weight excluding hydrogens is 567 g/mol. The molecule has 5 rings (SSSR count). The third-order valence-corrected chi connectivity index (χ3v) is 11.6. The lowest BCUT2D eigenvalue weighted by Crippen LogP contribution is -2.54. The molecule has 0 unspecified atom stereocenters. The van der Waals surface area contributed by atoms with Gasteiger partial charge >= 0.3 is 12.1 Å². The number of hydrogen-bond donors (Lipinski definition) is 1. The average Bonchev–Trinajstić information content (AvgIpc) is 3.43. The van der Waals surface area contributed by atoms with Crippen LogP contribution in [0.3, 0.4) is 0 Å². The summed E-state index contributed by atoms with van der Waals surface area (Å²) in [7, 11) is 1.82. The van der Waals surface area contributed by atoms with Crippen molar-refractivity contribution in [3.63, 3.8) is 0 Å². The predicted molar refractivity (Wildman–Crippen MR) is 144 cm³/mol. The summed E-state index contributed by atoms with van der Waals surface area (Å²) in [4.78, 5) is 42.2. The molecule has 3 aliphatic carbocycles. The van der Waals surface area contributed by atoms with Crippen LogP contribution in [-0.2, 0) is 20.5 Å². The first kappa shape index (κ1) is 29.4. The molecule has 2 heterocycles. The number of likely N-dealkylation sites (tertiary alicyclic amines) is 1. The number of rotatable bonds is 5. The van der Waals surface area contributed by atoms with Crippen LogP contribution in [0, 0.1) is 34.5 Å². The lowest BCUT2D eigenvalue weighted by Gasteiger charge is -2.59. The number of ether oxygens (including phenoxy) is 1. The highest BCUT2D eigenvalue weighted by Crippen LogP contribution is 2.67. The van der Waals surface area contributed by atoms with Crippen LogP contribution in [0.2, 0.25) is 0 Å². The van der Waals surface area contributed by atoms with Crippen LogP contribution in [0.15, 0.2) is 10.7 Å². The molecular formula is C28H35ClF3N3O4S. The monoisotopic (exact) mass is 601 g/mol. The van der Waals surface area contributed by atoms with E-state index in [1.807, 2.05) is 7.05 Å². The maximum atomic E-state index is 13.5. The Balaban J connectivity index is 1.32. The van der Waals surface area contributed by atoms with Crippen LogP contribution < -0.4 is 5.32 Å². The fourth-order valence-corrected chi connectivity index (χ4v) is 9.84. The molecule has 220 valence electrons. The van der Waals surface area contributed by atoms with Gasteiger partial charge in [0.15, 0.2) is 10.8 Å². The summed E-state index contributed by atoms with van der Waals surface area (Å²) >= 11 is 7.38. The Bertz CT molecular complexity index is 1270. The molecule has 4 aliphatic rings. The van der Waals surface area contributed by atoms with Crippen LogP contribution in [0.25, 0.3) is 0 Å². The number of esters is 1. The molecule has 7 nitrogen and oxygen atoms in total. The van der Waals surface area contributed by atoms with Crippen molar-refractivity contribution in [1.29, 1.82) is 0 Å². The van der Waals surface area contributed by atoms with Crippen LogP contribution in [-0.4, -0.2) is 41.3 Å². The second-order valence-corrected chi connectivity index (χ2v) is 13.6. The molecule has 6 atom stereocenters. The van der Waals surface area contributed by atoms with Gasteiger partial charge in [-0.15, -0.1) is 0 Å². The Morgan fingerprint density at radius 3 is 2.60 bits per heavy atom. The Labute approximate surface area is 240 Å². The summed E-state index contributed by atoms with van der Waals surface area (Å²) in [6, 6.07) is 0. The van der Waals surface area contributed by atoms with E-state index in [0.717, 1.165) is 49.3 Å². The largest absolute Gasteiger partial charge is 0.462 e. The number of halogens is 4. The molecule has 2 amide bonds. The van der Waals surface area contributed by atoms with Crippen molar-refractivity contribution in [1.82, 2.24) is 9.88 Å². The number of amides is 2. The third-order valence-electron chi connectivity index (χ3n) is 10.3. The predicted octanol–water partition coefficient (Wildman–Crippen LogP) is 6.84. The highest BCUT2D eigenvalue weighted by atomic mass is 35.5.